The van der Waals surface area contributed by atoms with E-state index in [1.807, 2.05) is 0 Å². The minimum absolute atomic E-state index is 0.226. The molecule has 3 rings (SSSR count). The lowest BCUT2D eigenvalue weighted by Crippen LogP contribution is -2.38. The SMILES string of the molecule is CCCC1CCC(C2CCC(C(F)(F)Oc3cc(F)c(/C=C/C(F)(F)F)c(F)c3)CC2)CC1. The van der Waals surface area contributed by atoms with E-state index < -0.39 is 41.2 Å². The Morgan fingerprint density at radius 2 is 1.36 bits per heavy atom. The van der Waals surface area contributed by atoms with Crippen molar-refractivity contribution in [2.45, 2.75) is 83.4 Å². The van der Waals surface area contributed by atoms with Crippen LogP contribution in [0.3, 0.4) is 0 Å². The van der Waals surface area contributed by atoms with E-state index in [4.69, 9.17) is 0 Å². The van der Waals surface area contributed by atoms with Crippen LogP contribution in [-0.2, 0) is 0 Å². The van der Waals surface area contributed by atoms with Gasteiger partial charge in [0.15, 0.2) is 0 Å². The number of allylic oxidation sites excluding steroid dienone is 1. The molecule has 0 heterocycles. The predicted octanol–water partition coefficient (Wildman–Crippen LogP) is 8.92. The normalized spacial score (nSPS) is 27.2. The maximum atomic E-state index is 14.7. The molecule has 2 fully saturated rings. The molecule has 8 heteroatoms. The maximum Gasteiger partial charge on any atom is 0.409 e. The first-order valence-corrected chi connectivity index (χ1v) is 11.8. The van der Waals surface area contributed by atoms with Crippen LogP contribution in [0.1, 0.15) is 76.7 Å². The number of benzene rings is 1. The lowest BCUT2D eigenvalue weighted by Gasteiger charge is -2.39. The smallest absolute Gasteiger partial charge is 0.409 e. The van der Waals surface area contributed by atoms with Crippen LogP contribution in [0.15, 0.2) is 18.2 Å². The second-order valence-electron chi connectivity index (χ2n) is 9.52. The van der Waals surface area contributed by atoms with Gasteiger partial charge in [-0.1, -0.05) is 32.6 Å². The zero-order chi connectivity index (χ0) is 24.2. The maximum absolute atomic E-state index is 14.7. The molecule has 0 saturated heterocycles. The fraction of sp³-hybridized carbons (Fsp3) is 0.680. The Balaban J connectivity index is 1.57. The van der Waals surface area contributed by atoms with E-state index in [9.17, 15) is 30.7 Å². The topological polar surface area (TPSA) is 9.23 Å². The van der Waals surface area contributed by atoms with E-state index >= 15 is 0 Å². The minimum atomic E-state index is -4.76. The van der Waals surface area contributed by atoms with Crippen molar-refractivity contribution < 1.29 is 35.5 Å². The second-order valence-corrected chi connectivity index (χ2v) is 9.52. The van der Waals surface area contributed by atoms with Crippen LogP contribution in [0.5, 0.6) is 5.75 Å². The van der Waals surface area contributed by atoms with Gasteiger partial charge in [-0.25, -0.2) is 8.78 Å². The first kappa shape index (κ1) is 25.9. The molecule has 1 aromatic carbocycles. The van der Waals surface area contributed by atoms with Gasteiger partial charge in [-0.15, -0.1) is 0 Å². The number of hydrogen-bond donors (Lipinski definition) is 0. The second kappa shape index (κ2) is 10.7. The Morgan fingerprint density at radius 1 is 0.848 bits per heavy atom. The minimum Gasteiger partial charge on any atom is -0.432 e. The standard InChI is InChI=1S/C25H31F7O/c1-2-3-16-4-6-17(7-5-16)18-8-10-19(11-9-18)25(31,32)33-20-14-22(26)21(23(27)15-20)12-13-24(28,29)30/h12-19H,2-11H2,1H3/b13-12+. The third-order valence-electron chi connectivity index (χ3n) is 7.25. The van der Waals surface area contributed by atoms with Crippen molar-refractivity contribution in [3.63, 3.8) is 0 Å². The molecule has 0 atom stereocenters. The highest BCUT2D eigenvalue weighted by molar-refractivity contribution is 5.53. The van der Waals surface area contributed by atoms with Gasteiger partial charge in [-0.2, -0.15) is 22.0 Å². The highest BCUT2D eigenvalue weighted by atomic mass is 19.4. The molecule has 1 nitrogen and oxygen atoms in total. The number of halogens is 7. The van der Waals surface area contributed by atoms with Gasteiger partial charge < -0.3 is 4.74 Å². The number of alkyl halides is 5. The number of ether oxygens (including phenoxy) is 1. The van der Waals surface area contributed by atoms with Crippen molar-refractivity contribution in [2.75, 3.05) is 0 Å². The van der Waals surface area contributed by atoms with E-state index in [0.29, 0.717) is 36.8 Å². The Morgan fingerprint density at radius 3 is 1.85 bits per heavy atom. The van der Waals surface area contributed by atoms with Crippen molar-refractivity contribution in [1.82, 2.24) is 0 Å². The first-order chi connectivity index (χ1) is 15.5. The van der Waals surface area contributed by atoms with Gasteiger partial charge in [0.05, 0.1) is 5.92 Å². The van der Waals surface area contributed by atoms with Crippen LogP contribution in [0.25, 0.3) is 6.08 Å². The Labute approximate surface area is 190 Å². The van der Waals surface area contributed by atoms with Gasteiger partial charge in [0.25, 0.3) is 0 Å². The fourth-order valence-corrected chi connectivity index (χ4v) is 5.48. The van der Waals surface area contributed by atoms with Crippen LogP contribution in [-0.4, -0.2) is 12.3 Å². The van der Waals surface area contributed by atoms with Gasteiger partial charge in [-0.3, -0.25) is 0 Å². The van der Waals surface area contributed by atoms with E-state index in [1.165, 1.54) is 25.7 Å². The van der Waals surface area contributed by atoms with Crippen molar-refractivity contribution in [3.05, 3.63) is 35.4 Å². The van der Waals surface area contributed by atoms with Crippen LogP contribution < -0.4 is 4.74 Å². The average Bonchev–Trinajstić information content (AvgIpc) is 2.73. The lowest BCUT2D eigenvalue weighted by molar-refractivity contribution is -0.224. The third kappa shape index (κ3) is 7.12. The molecular weight excluding hydrogens is 449 g/mol. The van der Waals surface area contributed by atoms with Crippen molar-refractivity contribution in [1.29, 1.82) is 0 Å². The molecule has 186 valence electrons. The predicted molar refractivity (Wildman–Crippen MR) is 113 cm³/mol. The molecule has 0 radical (unpaired) electrons. The van der Waals surface area contributed by atoms with Crippen LogP contribution in [0, 0.1) is 35.3 Å². The Kier molecular flexibility index (Phi) is 8.38. The Bertz CT molecular complexity index is 778. The Hall–Kier alpha value is -1.73. The fourth-order valence-electron chi connectivity index (χ4n) is 5.48. The molecule has 2 saturated carbocycles. The molecule has 0 spiro atoms. The number of hydrogen-bond acceptors (Lipinski definition) is 1. The zero-order valence-electron chi connectivity index (χ0n) is 18.7. The molecule has 1 aromatic rings. The highest BCUT2D eigenvalue weighted by Gasteiger charge is 2.45. The molecule has 0 aliphatic heterocycles. The van der Waals surface area contributed by atoms with E-state index in [2.05, 4.69) is 11.7 Å². The average molecular weight is 481 g/mol. The number of rotatable bonds is 7. The summed E-state index contributed by atoms with van der Waals surface area (Å²) in [6.45, 7) is 2.19. The molecule has 0 amide bonds. The molecule has 2 aliphatic rings. The molecule has 2 aliphatic carbocycles. The first-order valence-electron chi connectivity index (χ1n) is 11.8. The zero-order valence-corrected chi connectivity index (χ0v) is 18.7. The molecule has 0 unspecified atom stereocenters. The summed E-state index contributed by atoms with van der Waals surface area (Å²) in [6, 6.07) is 0.987. The van der Waals surface area contributed by atoms with Gasteiger partial charge in [-0.05, 0) is 62.4 Å². The summed E-state index contributed by atoms with van der Waals surface area (Å²) in [5.74, 6) is -2.82. The van der Waals surface area contributed by atoms with E-state index in [0.717, 1.165) is 18.8 Å². The van der Waals surface area contributed by atoms with E-state index in [1.54, 1.807) is 0 Å². The van der Waals surface area contributed by atoms with Crippen molar-refractivity contribution in [2.24, 2.45) is 23.7 Å². The van der Waals surface area contributed by atoms with Crippen molar-refractivity contribution >= 4 is 6.08 Å². The summed E-state index contributed by atoms with van der Waals surface area (Å²) in [6.07, 6.45) is 0.594. The molecule has 33 heavy (non-hydrogen) atoms. The quantitative estimate of drug-likeness (QED) is 0.354. The molecule has 0 N–H and O–H groups in total. The monoisotopic (exact) mass is 480 g/mol. The summed E-state index contributed by atoms with van der Waals surface area (Å²) in [5.41, 5.74) is -0.961. The molecule has 0 bridgehead atoms. The third-order valence-corrected chi connectivity index (χ3v) is 7.25. The van der Waals surface area contributed by atoms with Crippen LogP contribution >= 0.6 is 0 Å². The molecular formula is C25H31F7O. The van der Waals surface area contributed by atoms with E-state index in [-0.39, 0.29) is 25.0 Å². The summed E-state index contributed by atoms with van der Waals surface area (Å²) in [7, 11) is 0. The van der Waals surface area contributed by atoms with Crippen LogP contribution in [0.2, 0.25) is 0 Å². The lowest BCUT2D eigenvalue weighted by atomic mass is 9.68. The summed E-state index contributed by atoms with van der Waals surface area (Å²) >= 11 is 0. The van der Waals surface area contributed by atoms with Crippen LogP contribution in [0.4, 0.5) is 30.7 Å². The molecule has 0 aromatic heterocycles. The largest absolute Gasteiger partial charge is 0.432 e. The summed E-state index contributed by atoms with van der Waals surface area (Å²) < 4.78 is 99.0. The van der Waals surface area contributed by atoms with Gasteiger partial charge >= 0.3 is 12.3 Å². The summed E-state index contributed by atoms with van der Waals surface area (Å²) in [4.78, 5) is 0. The van der Waals surface area contributed by atoms with Crippen molar-refractivity contribution in [3.8, 4) is 5.75 Å². The summed E-state index contributed by atoms with van der Waals surface area (Å²) in [5, 5.41) is 0. The van der Waals surface area contributed by atoms with Gasteiger partial charge in [0.1, 0.15) is 17.4 Å². The van der Waals surface area contributed by atoms with Gasteiger partial charge in [0, 0.05) is 23.8 Å². The van der Waals surface area contributed by atoms with Gasteiger partial charge in [0.2, 0.25) is 0 Å². The highest BCUT2D eigenvalue weighted by Crippen LogP contribution is 2.46.